The van der Waals surface area contributed by atoms with E-state index in [2.05, 4.69) is 16.0 Å². The first-order valence-electron chi connectivity index (χ1n) is 6.04. The van der Waals surface area contributed by atoms with Crippen LogP contribution in [0.2, 0.25) is 0 Å². The summed E-state index contributed by atoms with van der Waals surface area (Å²) < 4.78 is 0. The third-order valence-corrected chi connectivity index (χ3v) is 2.79. The Labute approximate surface area is 106 Å². The number of benzene rings is 1. The van der Waals surface area contributed by atoms with E-state index in [9.17, 15) is 9.59 Å². The maximum atomic E-state index is 11.6. The van der Waals surface area contributed by atoms with Gasteiger partial charge in [-0.2, -0.15) is 0 Å². The second-order valence-corrected chi connectivity index (χ2v) is 4.36. The van der Waals surface area contributed by atoms with Crippen LogP contribution in [-0.2, 0) is 4.79 Å². The number of rotatable bonds is 5. The van der Waals surface area contributed by atoms with Crippen LogP contribution in [0.5, 0.6) is 0 Å². The van der Waals surface area contributed by atoms with Gasteiger partial charge in [0.15, 0.2) is 0 Å². The van der Waals surface area contributed by atoms with Gasteiger partial charge in [0.1, 0.15) is 0 Å². The molecular weight excluding hydrogens is 230 g/mol. The molecule has 0 spiro atoms. The predicted molar refractivity (Wildman–Crippen MR) is 69.5 cm³/mol. The van der Waals surface area contributed by atoms with E-state index < -0.39 is 0 Å². The molecule has 0 atom stereocenters. The lowest BCUT2D eigenvalue weighted by Gasteiger charge is -2.06. The molecule has 1 aliphatic carbocycles. The smallest absolute Gasteiger partial charge is 0.251 e. The zero-order valence-corrected chi connectivity index (χ0v) is 10.3. The van der Waals surface area contributed by atoms with Gasteiger partial charge in [-0.15, -0.1) is 0 Å². The molecule has 96 valence electrons. The van der Waals surface area contributed by atoms with Gasteiger partial charge in [0.2, 0.25) is 5.91 Å². The lowest BCUT2D eigenvalue weighted by molar-refractivity contribution is -0.115. The second-order valence-electron chi connectivity index (χ2n) is 4.36. The van der Waals surface area contributed by atoms with Crippen molar-refractivity contribution in [3.63, 3.8) is 0 Å². The standard InChI is InChI=1S/C13H17N3O2/c1-14-13(18)9-2-4-11(5-3-9)16-12(17)8-15-10-6-7-10/h2-5,10,15H,6-8H2,1H3,(H,14,18)(H,16,17). The van der Waals surface area contributed by atoms with Gasteiger partial charge in [-0.1, -0.05) is 0 Å². The number of hydrogen-bond acceptors (Lipinski definition) is 3. The van der Waals surface area contributed by atoms with Gasteiger partial charge in [-0.3, -0.25) is 9.59 Å². The first-order valence-corrected chi connectivity index (χ1v) is 6.04. The highest BCUT2D eigenvalue weighted by atomic mass is 16.2. The van der Waals surface area contributed by atoms with Crippen LogP contribution in [0.4, 0.5) is 5.69 Å². The van der Waals surface area contributed by atoms with Crippen molar-refractivity contribution in [2.75, 3.05) is 18.9 Å². The van der Waals surface area contributed by atoms with Crippen LogP contribution >= 0.6 is 0 Å². The second kappa shape index (κ2) is 5.64. The molecule has 2 rings (SSSR count). The van der Waals surface area contributed by atoms with Gasteiger partial charge < -0.3 is 16.0 Å². The molecular formula is C13H17N3O2. The van der Waals surface area contributed by atoms with Crippen molar-refractivity contribution in [2.24, 2.45) is 0 Å². The molecule has 18 heavy (non-hydrogen) atoms. The number of anilines is 1. The maximum Gasteiger partial charge on any atom is 0.251 e. The van der Waals surface area contributed by atoms with Crippen molar-refractivity contribution in [3.05, 3.63) is 29.8 Å². The Hall–Kier alpha value is -1.88. The fourth-order valence-corrected chi connectivity index (χ4v) is 1.58. The normalized spacial score (nSPS) is 14.1. The fraction of sp³-hybridized carbons (Fsp3) is 0.385. The van der Waals surface area contributed by atoms with Crippen molar-refractivity contribution in [1.29, 1.82) is 0 Å². The van der Waals surface area contributed by atoms with Crippen LogP contribution in [0, 0.1) is 0 Å². The summed E-state index contributed by atoms with van der Waals surface area (Å²) in [6, 6.07) is 7.33. The molecule has 1 aromatic carbocycles. The van der Waals surface area contributed by atoms with Gasteiger partial charge in [0.25, 0.3) is 5.91 Å². The van der Waals surface area contributed by atoms with Crippen molar-refractivity contribution in [1.82, 2.24) is 10.6 Å². The molecule has 0 radical (unpaired) electrons. The predicted octanol–water partition coefficient (Wildman–Crippen LogP) is 0.737. The van der Waals surface area contributed by atoms with E-state index in [1.165, 1.54) is 0 Å². The molecule has 1 aliphatic rings. The third-order valence-electron chi connectivity index (χ3n) is 2.79. The summed E-state index contributed by atoms with van der Waals surface area (Å²) in [5, 5.41) is 8.46. The minimum Gasteiger partial charge on any atom is -0.355 e. The van der Waals surface area contributed by atoms with Crippen molar-refractivity contribution < 1.29 is 9.59 Å². The van der Waals surface area contributed by atoms with Gasteiger partial charge in [-0.25, -0.2) is 0 Å². The minimum atomic E-state index is -0.136. The van der Waals surface area contributed by atoms with Gasteiger partial charge in [0.05, 0.1) is 6.54 Å². The summed E-state index contributed by atoms with van der Waals surface area (Å²) in [5.74, 6) is -0.196. The topological polar surface area (TPSA) is 70.2 Å². The van der Waals surface area contributed by atoms with Gasteiger partial charge in [0, 0.05) is 24.3 Å². The van der Waals surface area contributed by atoms with E-state index in [0.717, 1.165) is 12.8 Å². The van der Waals surface area contributed by atoms with Gasteiger partial charge in [-0.05, 0) is 37.1 Å². The average molecular weight is 247 g/mol. The monoisotopic (exact) mass is 247 g/mol. The molecule has 1 aromatic rings. The summed E-state index contributed by atoms with van der Waals surface area (Å²) in [5.41, 5.74) is 1.27. The lowest BCUT2D eigenvalue weighted by Crippen LogP contribution is -2.29. The minimum absolute atomic E-state index is 0.0606. The molecule has 0 heterocycles. The van der Waals surface area contributed by atoms with E-state index in [-0.39, 0.29) is 11.8 Å². The molecule has 5 nitrogen and oxygen atoms in total. The van der Waals surface area contributed by atoms with E-state index in [4.69, 9.17) is 0 Å². The number of nitrogens with one attached hydrogen (secondary N) is 3. The first-order chi connectivity index (χ1) is 8.69. The molecule has 0 bridgehead atoms. The Morgan fingerprint density at radius 1 is 1.22 bits per heavy atom. The Morgan fingerprint density at radius 3 is 2.44 bits per heavy atom. The summed E-state index contributed by atoms with van der Waals surface area (Å²) in [6.07, 6.45) is 2.32. The Balaban J connectivity index is 1.84. The van der Waals surface area contributed by atoms with E-state index in [1.54, 1.807) is 31.3 Å². The number of hydrogen-bond donors (Lipinski definition) is 3. The fourth-order valence-electron chi connectivity index (χ4n) is 1.58. The van der Waals surface area contributed by atoms with Crippen LogP contribution in [0.1, 0.15) is 23.2 Å². The summed E-state index contributed by atoms with van der Waals surface area (Å²) in [4.78, 5) is 22.9. The summed E-state index contributed by atoms with van der Waals surface area (Å²) in [6.45, 7) is 0.335. The quantitative estimate of drug-likeness (QED) is 0.718. The van der Waals surface area contributed by atoms with Crippen molar-refractivity contribution in [3.8, 4) is 0 Å². The number of amides is 2. The molecule has 0 saturated heterocycles. The van der Waals surface area contributed by atoms with Gasteiger partial charge >= 0.3 is 0 Å². The third kappa shape index (κ3) is 3.56. The first kappa shape index (κ1) is 12.6. The van der Waals surface area contributed by atoms with Crippen LogP contribution in [0.25, 0.3) is 0 Å². The SMILES string of the molecule is CNC(=O)c1ccc(NC(=O)CNC2CC2)cc1. The van der Waals surface area contributed by atoms with Crippen LogP contribution < -0.4 is 16.0 Å². The van der Waals surface area contributed by atoms with E-state index >= 15 is 0 Å². The van der Waals surface area contributed by atoms with Crippen LogP contribution in [0.15, 0.2) is 24.3 Å². The molecule has 0 aromatic heterocycles. The highest BCUT2D eigenvalue weighted by molar-refractivity contribution is 5.96. The molecule has 0 aliphatic heterocycles. The lowest BCUT2D eigenvalue weighted by atomic mass is 10.2. The zero-order valence-electron chi connectivity index (χ0n) is 10.3. The van der Waals surface area contributed by atoms with E-state index in [1.807, 2.05) is 0 Å². The largest absolute Gasteiger partial charge is 0.355 e. The zero-order chi connectivity index (χ0) is 13.0. The number of carbonyl (C=O) groups excluding carboxylic acids is 2. The van der Waals surface area contributed by atoms with Crippen LogP contribution in [-0.4, -0.2) is 31.4 Å². The summed E-state index contributed by atoms with van der Waals surface area (Å²) in [7, 11) is 1.58. The molecule has 2 amide bonds. The molecule has 0 unspecified atom stereocenters. The molecule has 1 saturated carbocycles. The Bertz CT molecular complexity index is 438. The van der Waals surface area contributed by atoms with Crippen LogP contribution in [0.3, 0.4) is 0 Å². The molecule has 3 N–H and O–H groups in total. The number of carbonyl (C=O) groups is 2. The van der Waals surface area contributed by atoms with Crippen molar-refractivity contribution >= 4 is 17.5 Å². The molecule has 5 heteroatoms. The van der Waals surface area contributed by atoms with E-state index in [0.29, 0.717) is 23.8 Å². The maximum absolute atomic E-state index is 11.6. The Morgan fingerprint density at radius 2 is 1.89 bits per heavy atom. The Kier molecular flexibility index (Phi) is 3.94. The average Bonchev–Trinajstić information content (AvgIpc) is 3.20. The highest BCUT2D eigenvalue weighted by Crippen LogP contribution is 2.18. The molecule has 1 fully saturated rings. The highest BCUT2D eigenvalue weighted by Gasteiger charge is 2.21. The van der Waals surface area contributed by atoms with Crippen molar-refractivity contribution in [2.45, 2.75) is 18.9 Å². The summed E-state index contributed by atoms with van der Waals surface area (Å²) >= 11 is 0.